The number of fused-ring (bicyclic) bond motifs is 2. The Labute approximate surface area is 393 Å². The summed E-state index contributed by atoms with van der Waals surface area (Å²) in [7, 11) is 0. The molecule has 4 aliphatic rings. The highest BCUT2D eigenvalue weighted by atomic mass is 19.1. The summed E-state index contributed by atoms with van der Waals surface area (Å²) in [4.78, 5) is 94.5. The Balaban J connectivity index is 0.000000202. The topological polar surface area (TPSA) is 262 Å². The number of nitrogens with zero attached hydrogens (tertiary/aromatic N) is 4. The predicted octanol–water partition coefficient (Wildman–Crippen LogP) is 4.28. The van der Waals surface area contributed by atoms with Gasteiger partial charge >= 0.3 is 35.8 Å². The molecule has 8 rings (SSSR count). The number of anilines is 2. The zero-order valence-electron chi connectivity index (χ0n) is 39.1. The predicted molar refractivity (Wildman–Crippen MR) is 245 cm³/mol. The number of carboxylic acids is 2. The molecule has 2 aromatic heterocycles. The summed E-state index contributed by atoms with van der Waals surface area (Å²) in [5.41, 5.74) is 0.715. The maximum Gasteiger partial charge on any atom is 0.341 e. The molecule has 0 bridgehead atoms. The van der Waals surface area contributed by atoms with Gasteiger partial charge in [-0.3, -0.25) is 28.8 Å². The number of aliphatic hydroxyl groups excluding tert-OH is 2. The van der Waals surface area contributed by atoms with Gasteiger partial charge in [-0.05, 0) is 62.8 Å². The molecule has 0 spiro atoms. The average Bonchev–Trinajstić information content (AvgIpc) is 4.21. The first-order valence-electron chi connectivity index (χ1n) is 22.5. The monoisotopic (exact) mass is 966 g/mol. The van der Waals surface area contributed by atoms with Crippen molar-refractivity contribution in [2.24, 2.45) is 23.7 Å². The van der Waals surface area contributed by atoms with E-state index in [2.05, 4.69) is 4.74 Å². The molecular weight excluding hydrogens is 911 g/mol. The number of pyridine rings is 2. The Bertz CT molecular complexity index is 2790. The summed E-state index contributed by atoms with van der Waals surface area (Å²) in [6.45, 7) is 10.0. The van der Waals surface area contributed by atoms with E-state index in [0.29, 0.717) is 59.7 Å². The number of hydrogen-bond donors (Lipinski definition) is 4. The van der Waals surface area contributed by atoms with E-state index >= 15 is 8.78 Å². The van der Waals surface area contributed by atoms with Gasteiger partial charge in [-0.25, -0.2) is 18.4 Å². The molecule has 4 fully saturated rings. The lowest BCUT2D eigenvalue weighted by molar-refractivity contribution is -0.156. The van der Waals surface area contributed by atoms with Gasteiger partial charge in [-0.1, -0.05) is 0 Å². The first-order valence-corrected chi connectivity index (χ1v) is 22.5. The van der Waals surface area contributed by atoms with Crippen molar-refractivity contribution in [2.75, 3.05) is 62.4 Å². The Hall–Kier alpha value is -6.74. The van der Waals surface area contributed by atoms with Gasteiger partial charge in [0.1, 0.15) is 22.8 Å². The number of ether oxygens (including phenoxy) is 3. The Morgan fingerprint density at radius 2 is 0.913 bits per heavy atom. The zero-order chi connectivity index (χ0) is 50.8. The van der Waals surface area contributed by atoms with Crippen LogP contribution in [0.2, 0.25) is 0 Å². The summed E-state index contributed by atoms with van der Waals surface area (Å²) in [5.74, 6) is -6.55. The molecule has 4 N–H and O–H groups in total. The highest BCUT2D eigenvalue weighted by molar-refractivity contribution is 5.96. The zero-order valence-corrected chi connectivity index (χ0v) is 39.1. The maximum atomic E-state index is 15.5. The fraction of sp³-hybridized carbons (Fsp3) is 0.500. The van der Waals surface area contributed by atoms with Crippen molar-refractivity contribution in [1.82, 2.24) is 9.13 Å². The first-order chi connectivity index (χ1) is 32.6. The van der Waals surface area contributed by atoms with E-state index in [-0.39, 0.29) is 84.1 Å². The van der Waals surface area contributed by atoms with Gasteiger partial charge in [0.15, 0.2) is 0 Å². The van der Waals surface area contributed by atoms with Crippen molar-refractivity contribution in [1.29, 1.82) is 0 Å². The molecule has 2 aromatic carbocycles. The number of rotatable bonds is 12. The van der Waals surface area contributed by atoms with Gasteiger partial charge in [0.25, 0.3) is 0 Å². The van der Waals surface area contributed by atoms with Crippen molar-refractivity contribution in [3.63, 3.8) is 0 Å². The summed E-state index contributed by atoms with van der Waals surface area (Å²) < 4.78 is 48.5. The van der Waals surface area contributed by atoms with Crippen LogP contribution in [0.1, 0.15) is 97.3 Å². The highest BCUT2D eigenvalue weighted by Gasteiger charge is 2.39. The molecule has 4 atom stereocenters. The number of esters is 4. The summed E-state index contributed by atoms with van der Waals surface area (Å²) in [6, 6.07) is 2.41. The van der Waals surface area contributed by atoms with Crippen molar-refractivity contribution in [3.8, 4) is 0 Å². The second kappa shape index (κ2) is 21.3. The van der Waals surface area contributed by atoms with E-state index < -0.39 is 58.3 Å². The smallest absolute Gasteiger partial charge is 0.341 e. The van der Waals surface area contributed by atoms with Crippen LogP contribution in [0.5, 0.6) is 0 Å². The molecule has 2 aliphatic carbocycles. The van der Waals surface area contributed by atoms with E-state index in [1.165, 1.54) is 40.1 Å². The van der Waals surface area contributed by atoms with Gasteiger partial charge in [0.2, 0.25) is 10.9 Å². The van der Waals surface area contributed by atoms with Crippen LogP contribution in [0, 0.1) is 49.2 Å². The van der Waals surface area contributed by atoms with Crippen LogP contribution in [0.4, 0.5) is 20.2 Å². The van der Waals surface area contributed by atoms with Gasteiger partial charge < -0.3 is 53.6 Å². The lowest BCUT2D eigenvalue weighted by Crippen LogP contribution is -2.25. The summed E-state index contributed by atoms with van der Waals surface area (Å²) in [6.07, 6.45) is 6.19. The molecule has 2 aliphatic heterocycles. The second-order valence-corrected chi connectivity index (χ2v) is 18.0. The lowest BCUT2D eigenvalue weighted by atomic mass is 9.98. The molecule has 0 amide bonds. The van der Waals surface area contributed by atoms with Crippen molar-refractivity contribution in [2.45, 2.75) is 79.3 Å². The molecule has 2 saturated carbocycles. The van der Waals surface area contributed by atoms with Crippen molar-refractivity contribution < 1.29 is 72.2 Å². The van der Waals surface area contributed by atoms with Crippen LogP contribution in [0.15, 0.2) is 34.1 Å². The molecule has 2 saturated heterocycles. The minimum absolute atomic E-state index is 0.0395. The van der Waals surface area contributed by atoms with Crippen LogP contribution < -0.4 is 20.7 Å². The van der Waals surface area contributed by atoms with E-state index in [9.17, 15) is 58.8 Å². The number of carbonyl (C=O) groups excluding carboxylic acids is 4. The van der Waals surface area contributed by atoms with Crippen LogP contribution in [-0.4, -0.2) is 118 Å². The highest BCUT2D eigenvalue weighted by Crippen LogP contribution is 2.43. The SMILES string of the molecule is CC(=O)OC(C)=O.CC(=O)OC[C@@H]1CN(c2c(F)cc3c(=O)c(C(=O)O)cn(C4CC4)c3c2C)C[C@@H]1COC(C)=O.Cc1c(N2C[C@@H](CO)[C@@H](CO)C2)c(F)cc2c(=O)c(C(=O)O)cn(C3CC3)c12. The molecule has 21 heteroatoms. The molecule has 0 radical (unpaired) electrons. The first kappa shape index (κ1) is 51.6. The number of aromatic carboxylic acids is 2. The Morgan fingerprint density at radius 1 is 0.580 bits per heavy atom. The average molecular weight is 967 g/mol. The number of hydrogen-bond acceptors (Lipinski definition) is 15. The number of aryl methyl sites for hydroxylation is 2. The fourth-order valence-corrected chi connectivity index (χ4v) is 9.39. The van der Waals surface area contributed by atoms with Crippen LogP contribution in [-0.2, 0) is 33.4 Å². The third-order valence-electron chi connectivity index (χ3n) is 12.8. The second-order valence-electron chi connectivity index (χ2n) is 18.0. The lowest BCUT2D eigenvalue weighted by Gasteiger charge is -2.24. The van der Waals surface area contributed by atoms with Crippen molar-refractivity contribution in [3.05, 3.63) is 78.9 Å². The molecule has 372 valence electrons. The Morgan fingerprint density at radius 3 is 1.17 bits per heavy atom. The number of carboxylic acid groups (broad SMARTS) is 2. The number of benzene rings is 2. The summed E-state index contributed by atoms with van der Waals surface area (Å²) in [5, 5.41) is 38.1. The fourth-order valence-electron chi connectivity index (χ4n) is 9.39. The maximum absolute atomic E-state index is 15.5. The quantitative estimate of drug-likeness (QED) is 0.0877. The molecular formula is C48H56F2N4O15. The molecule has 4 heterocycles. The van der Waals surface area contributed by atoms with Crippen LogP contribution in [0.25, 0.3) is 21.8 Å². The summed E-state index contributed by atoms with van der Waals surface area (Å²) >= 11 is 0. The van der Waals surface area contributed by atoms with E-state index in [1.807, 2.05) is 4.90 Å². The van der Waals surface area contributed by atoms with Crippen LogP contribution >= 0.6 is 0 Å². The largest absolute Gasteiger partial charge is 0.477 e. The standard InChI is InChI=1S/C24H27FN2O7.C20H23FN2O5.C4H6O3/c1-12-21-18(23(30)19(24(31)32)9-27(21)17-4-5-17)6-20(25)22(12)26-7-15(10-33-13(2)28)16(8-26)11-34-14(3)29;1-10-17-14(19(26)15(20(27)28)7-23(17)13-2-3-13)4-16(21)18(10)22-5-11(8-24)12(6-22)9-25;1-3(5)7-4(2)6/h6,9,15-17H,4-5,7-8,10-11H2,1-3H3,(H,31,32);4,7,11-13,24-25H,2-3,5-6,8-9H2,1H3,(H,27,28);1-2H3/t15-,16+;11-,12+;. The van der Waals surface area contributed by atoms with Crippen LogP contribution in [0.3, 0.4) is 0 Å². The Kier molecular flexibility index (Phi) is 15.9. The number of carbonyl (C=O) groups is 6. The number of aliphatic hydroxyl groups is 2. The van der Waals surface area contributed by atoms with E-state index in [0.717, 1.165) is 37.8 Å². The minimum Gasteiger partial charge on any atom is -0.477 e. The molecule has 4 aromatic rings. The van der Waals surface area contributed by atoms with Gasteiger partial charge in [0.05, 0.1) is 35.6 Å². The molecule has 0 unspecified atom stereocenters. The van der Waals surface area contributed by atoms with Gasteiger partial charge in [-0.15, -0.1) is 0 Å². The number of halogens is 2. The molecule has 19 nitrogen and oxygen atoms in total. The third kappa shape index (κ3) is 11.4. The minimum atomic E-state index is -1.34. The third-order valence-corrected chi connectivity index (χ3v) is 12.8. The molecule has 69 heavy (non-hydrogen) atoms. The number of aromatic nitrogens is 2. The van der Waals surface area contributed by atoms with E-state index in [4.69, 9.17) is 9.47 Å². The van der Waals surface area contributed by atoms with Gasteiger partial charge in [0, 0.05) is 126 Å². The van der Waals surface area contributed by atoms with Crippen molar-refractivity contribution >= 4 is 69.0 Å². The van der Waals surface area contributed by atoms with Gasteiger partial charge in [-0.2, -0.15) is 0 Å². The normalized spacial score (nSPS) is 19.6. The van der Waals surface area contributed by atoms with E-state index in [1.54, 1.807) is 27.9 Å².